The van der Waals surface area contributed by atoms with Crippen LogP contribution in [0.2, 0.25) is 0 Å². The van der Waals surface area contributed by atoms with Gasteiger partial charge in [0.2, 0.25) is 0 Å². The second-order valence-corrected chi connectivity index (χ2v) is 14.0. The lowest BCUT2D eigenvalue weighted by atomic mass is 10.0. The molecule has 0 atom stereocenters. The first-order valence-corrected chi connectivity index (χ1v) is 18.3. The zero-order valence-corrected chi connectivity index (χ0v) is 29.5. The number of fused-ring (bicyclic) bond motifs is 9. The molecule has 0 saturated carbocycles. The molecule has 0 fully saturated rings. The Bertz CT molecular complexity index is 3400. The van der Waals surface area contributed by atoms with E-state index in [-0.39, 0.29) is 0 Å². The van der Waals surface area contributed by atoms with Crippen LogP contribution in [0.15, 0.2) is 176 Å². The van der Waals surface area contributed by atoms with Gasteiger partial charge < -0.3 is 13.7 Å². The molecule has 0 bridgehead atoms. The predicted molar refractivity (Wildman–Crippen MR) is 224 cm³/mol. The van der Waals surface area contributed by atoms with Crippen LogP contribution in [0.1, 0.15) is 11.1 Å². The minimum atomic E-state index is 0.488. The van der Waals surface area contributed by atoms with Gasteiger partial charge in [0.1, 0.15) is 12.1 Å². The van der Waals surface area contributed by atoms with E-state index >= 15 is 0 Å². The van der Waals surface area contributed by atoms with E-state index in [1.165, 1.54) is 16.3 Å². The number of hydrogen-bond acceptors (Lipinski definition) is 2. The second kappa shape index (κ2) is 11.8. The molecule has 5 nitrogen and oxygen atoms in total. The monoisotopic (exact) mass is 699 g/mol. The van der Waals surface area contributed by atoms with Gasteiger partial charge >= 0.3 is 0 Å². The molecule has 0 N–H and O–H groups in total. The Hall–Kier alpha value is -7.86. The Morgan fingerprint density at radius 3 is 1.24 bits per heavy atom. The molecule has 0 unspecified atom stereocenters. The van der Waals surface area contributed by atoms with Crippen LogP contribution in [0, 0.1) is 22.7 Å². The lowest BCUT2D eigenvalue weighted by molar-refractivity contribution is 1.08. The van der Waals surface area contributed by atoms with Gasteiger partial charge in [-0.2, -0.15) is 10.5 Å². The van der Waals surface area contributed by atoms with Crippen molar-refractivity contribution in [1.82, 2.24) is 13.7 Å². The molecule has 0 radical (unpaired) electrons. The van der Waals surface area contributed by atoms with Gasteiger partial charge in [-0.1, -0.05) is 109 Å². The van der Waals surface area contributed by atoms with E-state index in [1.54, 1.807) is 12.1 Å². The van der Waals surface area contributed by atoms with Gasteiger partial charge in [0.05, 0.1) is 55.6 Å². The minimum Gasteiger partial charge on any atom is -0.309 e. The van der Waals surface area contributed by atoms with Crippen molar-refractivity contribution in [3.05, 3.63) is 187 Å². The fourth-order valence-electron chi connectivity index (χ4n) is 8.77. The fourth-order valence-corrected chi connectivity index (χ4v) is 8.77. The van der Waals surface area contributed by atoms with Crippen molar-refractivity contribution in [2.24, 2.45) is 0 Å². The highest BCUT2D eigenvalue weighted by Crippen LogP contribution is 2.42. The number of rotatable bonds is 4. The summed E-state index contributed by atoms with van der Waals surface area (Å²) in [6.07, 6.45) is 0. The van der Waals surface area contributed by atoms with E-state index in [1.807, 2.05) is 30.3 Å². The average Bonchev–Trinajstić information content (AvgIpc) is 3.88. The molecule has 11 aromatic rings. The summed E-state index contributed by atoms with van der Waals surface area (Å²) in [5.41, 5.74) is 11.9. The third-order valence-electron chi connectivity index (χ3n) is 11.1. The van der Waals surface area contributed by atoms with E-state index in [0.29, 0.717) is 22.5 Å². The SMILES string of the molecule is N#Cc1ccc(C#N)c(-n2c3ccccc3c3cc(-c4ccc5c6ccccc6n(-c6ccccc6)c5c4)ccc32)c1-n1c2ccccc2c2ccccc21. The normalized spacial score (nSPS) is 11.6. The van der Waals surface area contributed by atoms with Crippen molar-refractivity contribution >= 4 is 65.4 Å². The number of nitrogens with zero attached hydrogens (tertiary/aromatic N) is 5. The molecule has 5 heteroatoms. The van der Waals surface area contributed by atoms with E-state index in [9.17, 15) is 10.5 Å². The fraction of sp³-hybridized carbons (Fsp3) is 0. The maximum absolute atomic E-state index is 10.8. The molecule has 0 aliphatic carbocycles. The van der Waals surface area contributed by atoms with Crippen LogP contribution in [-0.2, 0) is 0 Å². The lowest BCUT2D eigenvalue weighted by Crippen LogP contribution is -2.08. The topological polar surface area (TPSA) is 62.4 Å². The minimum absolute atomic E-state index is 0.488. The van der Waals surface area contributed by atoms with Gasteiger partial charge in [0.25, 0.3) is 0 Å². The summed E-state index contributed by atoms with van der Waals surface area (Å²) < 4.78 is 6.69. The Balaban J connectivity index is 1.19. The Kier molecular flexibility index (Phi) is 6.61. The molecule has 3 aromatic heterocycles. The zero-order valence-electron chi connectivity index (χ0n) is 29.5. The third kappa shape index (κ3) is 4.39. The van der Waals surface area contributed by atoms with Gasteiger partial charge in [-0.15, -0.1) is 0 Å². The quantitative estimate of drug-likeness (QED) is 0.184. The first kappa shape index (κ1) is 30.7. The standard InChI is InChI=1S/C50H29N5/c51-30-34-22-23-35(31-52)50(49(34)54-44-19-9-5-14-37(44)38-15-6-10-20-45(38)54)55-46-21-11-7-17-40(46)42-28-32(25-27-47(42)55)33-24-26-41-39-16-4-8-18-43(39)53(48(41)29-33)36-12-2-1-3-13-36/h1-29H. The molecule has 0 spiro atoms. The summed E-state index contributed by atoms with van der Waals surface area (Å²) in [6, 6.07) is 65.9. The van der Waals surface area contributed by atoms with E-state index < -0.39 is 0 Å². The Labute approximate surface area is 316 Å². The Morgan fingerprint density at radius 1 is 0.309 bits per heavy atom. The summed E-state index contributed by atoms with van der Waals surface area (Å²) in [5.74, 6) is 0. The van der Waals surface area contributed by atoms with Crippen molar-refractivity contribution in [3.63, 3.8) is 0 Å². The van der Waals surface area contributed by atoms with Crippen molar-refractivity contribution in [2.45, 2.75) is 0 Å². The summed E-state index contributed by atoms with van der Waals surface area (Å²) in [6.45, 7) is 0. The number of nitriles is 2. The van der Waals surface area contributed by atoms with Gasteiger partial charge in [0.15, 0.2) is 0 Å². The summed E-state index contributed by atoms with van der Waals surface area (Å²) >= 11 is 0. The lowest BCUT2D eigenvalue weighted by Gasteiger charge is -2.19. The summed E-state index contributed by atoms with van der Waals surface area (Å²) in [7, 11) is 0. The molecule has 0 amide bonds. The maximum atomic E-state index is 10.8. The summed E-state index contributed by atoms with van der Waals surface area (Å²) in [5, 5.41) is 28.2. The van der Waals surface area contributed by atoms with Crippen molar-refractivity contribution in [2.75, 3.05) is 0 Å². The highest BCUT2D eigenvalue weighted by Gasteiger charge is 2.25. The van der Waals surface area contributed by atoms with E-state index in [2.05, 4.69) is 159 Å². The maximum Gasteiger partial charge on any atom is 0.101 e. The first-order valence-electron chi connectivity index (χ1n) is 18.3. The number of benzene rings is 8. The highest BCUT2D eigenvalue weighted by molar-refractivity contribution is 6.14. The van der Waals surface area contributed by atoms with Gasteiger partial charge in [-0.25, -0.2) is 0 Å². The number of aromatic nitrogens is 3. The molecular formula is C50H29N5. The second-order valence-electron chi connectivity index (χ2n) is 14.0. The van der Waals surface area contributed by atoms with Crippen LogP contribution in [-0.4, -0.2) is 13.7 Å². The van der Waals surface area contributed by atoms with Crippen molar-refractivity contribution < 1.29 is 0 Å². The van der Waals surface area contributed by atoms with Crippen LogP contribution in [0.5, 0.6) is 0 Å². The molecule has 8 aromatic carbocycles. The molecule has 0 aliphatic rings. The van der Waals surface area contributed by atoms with Crippen LogP contribution >= 0.6 is 0 Å². The van der Waals surface area contributed by atoms with E-state index in [0.717, 1.165) is 65.9 Å². The van der Waals surface area contributed by atoms with Crippen molar-refractivity contribution in [3.8, 4) is 40.3 Å². The van der Waals surface area contributed by atoms with Crippen LogP contribution in [0.3, 0.4) is 0 Å². The predicted octanol–water partition coefficient (Wildman–Crippen LogP) is 12.4. The van der Waals surface area contributed by atoms with Gasteiger partial charge in [0, 0.05) is 38.0 Å². The van der Waals surface area contributed by atoms with Crippen molar-refractivity contribution in [1.29, 1.82) is 10.5 Å². The molecular weight excluding hydrogens is 671 g/mol. The zero-order chi connectivity index (χ0) is 36.6. The largest absolute Gasteiger partial charge is 0.309 e. The molecule has 0 saturated heterocycles. The smallest absolute Gasteiger partial charge is 0.101 e. The molecule has 3 heterocycles. The average molecular weight is 700 g/mol. The highest BCUT2D eigenvalue weighted by atomic mass is 15.1. The van der Waals surface area contributed by atoms with Crippen LogP contribution < -0.4 is 0 Å². The van der Waals surface area contributed by atoms with E-state index in [4.69, 9.17) is 0 Å². The molecule has 11 rings (SSSR count). The molecule has 0 aliphatic heterocycles. The third-order valence-corrected chi connectivity index (χ3v) is 11.1. The number of hydrogen-bond donors (Lipinski definition) is 0. The van der Waals surface area contributed by atoms with Crippen LogP contribution in [0.4, 0.5) is 0 Å². The van der Waals surface area contributed by atoms with Gasteiger partial charge in [-0.05, 0) is 77.9 Å². The van der Waals surface area contributed by atoms with Gasteiger partial charge in [-0.3, -0.25) is 0 Å². The number of para-hydroxylation sites is 5. The summed E-state index contributed by atoms with van der Waals surface area (Å²) in [4.78, 5) is 0. The van der Waals surface area contributed by atoms with Crippen LogP contribution in [0.25, 0.3) is 93.6 Å². The first-order chi connectivity index (χ1) is 27.2. The molecule has 254 valence electrons. The molecule has 55 heavy (non-hydrogen) atoms. The Morgan fingerprint density at radius 2 is 0.709 bits per heavy atom.